The van der Waals surface area contributed by atoms with Gasteiger partial charge in [-0.3, -0.25) is 19.6 Å². The van der Waals surface area contributed by atoms with E-state index in [4.69, 9.17) is 23.5 Å². The van der Waals surface area contributed by atoms with Crippen LogP contribution in [0.4, 0.5) is 0 Å². The minimum atomic E-state index is -3.98. The summed E-state index contributed by atoms with van der Waals surface area (Å²) >= 11 is 0. The van der Waals surface area contributed by atoms with Crippen molar-refractivity contribution in [3.05, 3.63) is 0 Å². The number of esters is 1. The van der Waals surface area contributed by atoms with Gasteiger partial charge in [-0.1, -0.05) is 26.7 Å². The Balaban J connectivity index is 3.27. The molecule has 32 heavy (non-hydrogen) atoms. The van der Waals surface area contributed by atoms with Gasteiger partial charge in [0.1, 0.15) is 24.9 Å². The second-order valence-corrected chi connectivity index (χ2v) is 9.75. The Kier molecular flexibility index (Phi) is 13.5. The lowest BCUT2D eigenvalue weighted by atomic mass is 9.93. The van der Waals surface area contributed by atoms with E-state index in [-0.39, 0.29) is 18.7 Å². The van der Waals surface area contributed by atoms with Crippen LogP contribution >= 0.6 is 7.60 Å². The van der Waals surface area contributed by atoms with E-state index < -0.39 is 44.0 Å². The molecular weight excluding hydrogens is 443 g/mol. The van der Waals surface area contributed by atoms with Crippen LogP contribution in [0.3, 0.4) is 0 Å². The van der Waals surface area contributed by atoms with Gasteiger partial charge in [0.25, 0.3) is 0 Å². The Hall–Kier alpha value is -1.07. The lowest BCUT2D eigenvalue weighted by Crippen LogP contribution is -2.68. The molecule has 1 amide bonds. The maximum Gasteiger partial charge on any atom is 0.330 e. The number of unbranched alkanes of at least 4 members (excludes halogenated alkanes) is 2. The molecule has 6 atom stereocenters. The molecule has 1 heterocycles. The number of carbonyl (C=O) groups is 2. The van der Waals surface area contributed by atoms with Gasteiger partial charge in [0.05, 0.1) is 18.3 Å². The quantitative estimate of drug-likeness (QED) is 0.136. The number of carbonyl (C=O) groups excluding carboxylic acids is 2. The molecule has 0 radical (unpaired) electrons. The molecule has 188 valence electrons. The molecule has 0 aliphatic carbocycles. The van der Waals surface area contributed by atoms with E-state index in [1.54, 1.807) is 0 Å². The molecule has 3 N–H and O–H groups in total. The van der Waals surface area contributed by atoms with Crippen molar-refractivity contribution in [3.63, 3.8) is 0 Å². The van der Waals surface area contributed by atoms with E-state index in [1.807, 2.05) is 13.8 Å². The summed E-state index contributed by atoms with van der Waals surface area (Å²) in [5.74, 6) is -0.829. The molecule has 11 nitrogen and oxygen atoms in total. The first-order valence-corrected chi connectivity index (χ1v) is 12.8. The highest BCUT2D eigenvalue weighted by Gasteiger charge is 2.49. The second kappa shape index (κ2) is 15.0. The van der Waals surface area contributed by atoms with Crippen LogP contribution in [0.25, 0.3) is 0 Å². The zero-order chi connectivity index (χ0) is 24.1. The van der Waals surface area contributed by atoms with Gasteiger partial charge in [-0.05, 0) is 12.8 Å². The predicted octanol–water partition coefficient (Wildman–Crippen LogP) is 1.53. The average Bonchev–Trinajstić information content (AvgIpc) is 2.72. The fraction of sp³-hybridized carbons (Fsp3) is 0.900. The van der Waals surface area contributed by atoms with Crippen molar-refractivity contribution in [1.82, 2.24) is 10.9 Å². The van der Waals surface area contributed by atoms with Crippen LogP contribution in [0.1, 0.15) is 53.4 Å². The fourth-order valence-corrected chi connectivity index (χ4v) is 4.21. The maximum absolute atomic E-state index is 12.3. The first-order chi connectivity index (χ1) is 15.1. The largest absolute Gasteiger partial charge is 0.463 e. The molecule has 0 aromatic heterocycles. The van der Waals surface area contributed by atoms with E-state index in [9.17, 15) is 19.0 Å². The number of hydrogen-bond donors (Lipinski definition) is 3. The highest BCUT2D eigenvalue weighted by atomic mass is 31.2. The van der Waals surface area contributed by atoms with Crippen molar-refractivity contribution >= 4 is 19.5 Å². The average molecular weight is 483 g/mol. The molecule has 0 saturated carbocycles. The molecule has 1 saturated heterocycles. The van der Waals surface area contributed by atoms with Crippen LogP contribution in [0.5, 0.6) is 0 Å². The number of ether oxygens (including phenoxy) is 4. The summed E-state index contributed by atoms with van der Waals surface area (Å²) in [5.41, 5.74) is 5.40. The molecule has 1 aliphatic heterocycles. The highest BCUT2D eigenvalue weighted by molar-refractivity contribution is 7.52. The smallest absolute Gasteiger partial charge is 0.330 e. The van der Waals surface area contributed by atoms with Crippen molar-refractivity contribution in [2.75, 3.05) is 33.1 Å². The minimum Gasteiger partial charge on any atom is -0.463 e. The van der Waals surface area contributed by atoms with Gasteiger partial charge in [-0.25, -0.2) is 5.43 Å². The van der Waals surface area contributed by atoms with Crippen molar-refractivity contribution in [2.24, 2.45) is 0 Å². The van der Waals surface area contributed by atoms with Crippen LogP contribution in [-0.4, -0.2) is 80.3 Å². The minimum absolute atomic E-state index is 0.105. The van der Waals surface area contributed by atoms with Gasteiger partial charge in [0, 0.05) is 34.2 Å². The lowest BCUT2D eigenvalue weighted by molar-refractivity contribution is -0.224. The van der Waals surface area contributed by atoms with Gasteiger partial charge < -0.3 is 28.4 Å². The molecule has 0 bridgehead atoms. The number of rotatable bonds is 15. The second-order valence-electron chi connectivity index (χ2n) is 7.75. The van der Waals surface area contributed by atoms with E-state index in [0.29, 0.717) is 13.2 Å². The third-order valence-corrected chi connectivity index (χ3v) is 6.36. The lowest BCUT2D eigenvalue weighted by Gasteiger charge is -2.46. The van der Waals surface area contributed by atoms with Crippen LogP contribution in [0.15, 0.2) is 0 Å². The van der Waals surface area contributed by atoms with Gasteiger partial charge in [0.2, 0.25) is 5.91 Å². The molecule has 3 unspecified atom stereocenters. The Bertz CT molecular complexity index is 622. The van der Waals surface area contributed by atoms with Crippen LogP contribution in [0, 0.1) is 0 Å². The summed E-state index contributed by atoms with van der Waals surface area (Å²) in [7, 11) is -2.84. The topological polar surface area (TPSA) is 142 Å². The molecule has 12 heteroatoms. The first-order valence-electron chi connectivity index (χ1n) is 11.1. The number of nitrogens with one attached hydrogen (secondary N) is 2. The normalized spacial score (nSPS) is 27.5. The van der Waals surface area contributed by atoms with Gasteiger partial charge in [-0.2, -0.15) is 0 Å². The van der Waals surface area contributed by atoms with E-state index >= 15 is 0 Å². The van der Waals surface area contributed by atoms with E-state index in [2.05, 4.69) is 10.9 Å². The van der Waals surface area contributed by atoms with E-state index in [1.165, 1.54) is 13.8 Å². The molecule has 0 spiro atoms. The number of hydrazine groups is 1. The van der Waals surface area contributed by atoms with Crippen molar-refractivity contribution in [2.45, 2.75) is 83.8 Å². The van der Waals surface area contributed by atoms with Gasteiger partial charge in [-0.15, -0.1) is 0 Å². The van der Waals surface area contributed by atoms with Gasteiger partial charge >= 0.3 is 13.6 Å². The summed E-state index contributed by atoms with van der Waals surface area (Å²) < 4.78 is 40.6. The predicted molar refractivity (Wildman–Crippen MR) is 117 cm³/mol. The summed E-state index contributed by atoms with van der Waals surface area (Å²) in [6.45, 7) is 7.44. The number of amides is 1. The molecule has 1 fully saturated rings. The summed E-state index contributed by atoms with van der Waals surface area (Å²) in [6, 6.07) is -0.716. The van der Waals surface area contributed by atoms with Crippen LogP contribution in [0.2, 0.25) is 0 Å². The SMILES string of the molecule is CCCCO[C@@H]1C(COC(C)=O)O[C@H](CP(=O)(O)OC)C(NNC(C)=O)[C@H]1OCCCC. The zero-order valence-corrected chi connectivity index (χ0v) is 20.6. The zero-order valence-electron chi connectivity index (χ0n) is 19.7. The Labute approximate surface area is 190 Å². The Morgan fingerprint density at radius 1 is 1.03 bits per heavy atom. The van der Waals surface area contributed by atoms with Crippen molar-refractivity contribution < 1.29 is 42.5 Å². The summed E-state index contributed by atoms with van der Waals surface area (Å²) in [5, 5.41) is 0. The van der Waals surface area contributed by atoms with Crippen molar-refractivity contribution in [1.29, 1.82) is 0 Å². The number of hydrogen-bond acceptors (Lipinski definition) is 9. The Morgan fingerprint density at radius 3 is 2.12 bits per heavy atom. The molecule has 0 aromatic rings. The van der Waals surface area contributed by atoms with Gasteiger partial charge in [0.15, 0.2) is 0 Å². The molecule has 1 rings (SSSR count). The Morgan fingerprint density at radius 2 is 1.62 bits per heavy atom. The molecular formula is C20H39N2O9P. The standard InChI is InChI=1S/C20H39N2O9P/c1-6-8-10-28-19-16(12-30-15(4)24)31-17(13-32(25,26)27-5)18(22-21-14(3)23)20(19)29-11-9-7-2/h16-20,22H,6-13H2,1-5H3,(H,21,23)(H,25,26)/t16?,17-,18?,19-,20-/m1/s1. The van der Waals surface area contributed by atoms with Crippen molar-refractivity contribution in [3.8, 4) is 0 Å². The van der Waals surface area contributed by atoms with E-state index in [0.717, 1.165) is 32.8 Å². The monoisotopic (exact) mass is 482 g/mol. The fourth-order valence-electron chi connectivity index (χ4n) is 3.29. The van der Waals surface area contributed by atoms with Crippen LogP contribution in [-0.2, 0) is 37.6 Å². The maximum atomic E-state index is 12.3. The highest BCUT2D eigenvalue weighted by Crippen LogP contribution is 2.44. The summed E-state index contributed by atoms with van der Waals surface area (Å²) in [6.07, 6.45) is 0.152. The molecule has 1 aliphatic rings. The third-order valence-electron chi connectivity index (χ3n) is 4.97. The van der Waals surface area contributed by atoms with Crippen LogP contribution < -0.4 is 10.9 Å². The third kappa shape index (κ3) is 10.2. The summed E-state index contributed by atoms with van der Waals surface area (Å²) in [4.78, 5) is 33.1. The molecule has 0 aromatic carbocycles. The first kappa shape index (κ1) is 29.0.